The summed E-state index contributed by atoms with van der Waals surface area (Å²) < 4.78 is 6.34. The Morgan fingerprint density at radius 1 is 1.20 bits per heavy atom. The molecular weight excluding hydrogens is 382 g/mol. The van der Waals surface area contributed by atoms with Crippen LogP contribution in [0.1, 0.15) is 46.4 Å². The van der Waals surface area contributed by atoms with Gasteiger partial charge in [0.1, 0.15) is 17.6 Å². The van der Waals surface area contributed by atoms with Gasteiger partial charge < -0.3 is 15.2 Å². The van der Waals surface area contributed by atoms with E-state index in [4.69, 9.17) is 4.74 Å². The molecule has 0 bridgehead atoms. The molecule has 1 aliphatic rings. The summed E-state index contributed by atoms with van der Waals surface area (Å²) in [5.41, 5.74) is 4.45. The van der Waals surface area contributed by atoms with Gasteiger partial charge in [-0.3, -0.25) is 4.79 Å². The molecule has 0 saturated heterocycles. The molecule has 25 heavy (non-hydrogen) atoms. The number of hydrogen-bond donors (Lipinski definition) is 2. The zero-order valence-electron chi connectivity index (χ0n) is 14.6. The van der Waals surface area contributed by atoms with E-state index in [1.165, 1.54) is 0 Å². The highest BCUT2D eigenvalue weighted by Crippen LogP contribution is 2.48. The molecule has 2 N–H and O–H groups in total. The van der Waals surface area contributed by atoms with Crippen LogP contribution in [-0.4, -0.2) is 16.3 Å². The number of fused-ring (bicyclic) bond motifs is 1. The number of hydrogen-bond acceptors (Lipinski definition) is 3. The first-order valence-corrected chi connectivity index (χ1v) is 9.45. The average molecular weight is 404 g/mol. The molecule has 2 aromatic carbocycles. The Bertz CT molecular complexity index is 805. The lowest BCUT2D eigenvalue weighted by Crippen LogP contribution is -2.35. The standard InChI is InChI=1S/C20H22BrNO3/c1-11-12(2)20-18(13(3)19(11)24)15(22-17(23)10-21)9-16(25-20)14-7-5-4-6-8-14/h4-8,15-16,24H,9-10H2,1-3H3,(H,22,23). The fourth-order valence-electron chi connectivity index (χ4n) is 3.46. The summed E-state index contributed by atoms with van der Waals surface area (Å²) in [4.78, 5) is 12.0. The van der Waals surface area contributed by atoms with Crippen LogP contribution in [0.2, 0.25) is 0 Å². The average Bonchev–Trinajstić information content (AvgIpc) is 2.64. The molecule has 4 nitrogen and oxygen atoms in total. The van der Waals surface area contributed by atoms with Gasteiger partial charge in [-0.15, -0.1) is 0 Å². The normalized spacial score (nSPS) is 19.0. The van der Waals surface area contributed by atoms with Crippen molar-refractivity contribution in [2.45, 2.75) is 39.3 Å². The molecule has 0 aliphatic carbocycles. The molecule has 0 aromatic heterocycles. The fourth-order valence-corrected chi connectivity index (χ4v) is 3.62. The Balaban J connectivity index is 2.11. The van der Waals surface area contributed by atoms with E-state index in [-0.39, 0.29) is 29.1 Å². The van der Waals surface area contributed by atoms with Crippen molar-refractivity contribution in [2.24, 2.45) is 0 Å². The number of aromatic hydroxyl groups is 1. The lowest BCUT2D eigenvalue weighted by molar-refractivity contribution is -0.119. The second-order valence-corrected chi connectivity index (χ2v) is 7.03. The molecule has 1 heterocycles. The van der Waals surface area contributed by atoms with Crippen LogP contribution < -0.4 is 10.1 Å². The minimum Gasteiger partial charge on any atom is -0.507 e. The highest BCUT2D eigenvalue weighted by atomic mass is 79.9. The van der Waals surface area contributed by atoms with Crippen molar-refractivity contribution < 1.29 is 14.6 Å². The van der Waals surface area contributed by atoms with E-state index in [2.05, 4.69) is 21.2 Å². The van der Waals surface area contributed by atoms with Crippen molar-refractivity contribution in [2.75, 3.05) is 5.33 Å². The molecule has 0 spiro atoms. The van der Waals surface area contributed by atoms with Crippen LogP contribution in [0.5, 0.6) is 11.5 Å². The quantitative estimate of drug-likeness (QED) is 0.746. The van der Waals surface area contributed by atoms with Gasteiger partial charge in [-0.1, -0.05) is 46.3 Å². The molecule has 2 atom stereocenters. The Kier molecular flexibility index (Phi) is 5.04. The van der Waals surface area contributed by atoms with Gasteiger partial charge in [0.2, 0.25) is 5.91 Å². The van der Waals surface area contributed by atoms with Crippen LogP contribution in [0.25, 0.3) is 0 Å². The smallest absolute Gasteiger partial charge is 0.231 e. The van der Waals surface area contributed by atoms with Crippen LogP contribution in [0.15, 0.2) is 30.3 Å². The Morgan fingerprint density at radius 2 is 1.88 bits per heavy atom. The first-order valence-electron chi connectivity index (χ1n) is 8.33. The maximum atomic E-state index is 12.0. The van der Waals surface area contributed by atoms with E-state index in [1.54, 1.807) is 0 Å². The summed E-state index contributed by atoms with van der Waals surface area (Å²) in [7, 11) is 0. The largest absolute Gasteiger partial charge is 0.507 e. The Morgan fingerprint density at radius 3 is 2.52 bits per heavy atom. The van der Waals surface area contributed by atoms with Crippen LogP contribution in [-0.2, 0) is 4.79 Å². The maximum absolute atomic E-state index is 12.0. The summed E-state index contributed by atoms with van der Waals surface area (Å²) in [6.45, 7) is 5.71. The minimum absolute atomic E-state index is 0.0817. The zero-order chi connectivity index (χ0) is 18.1. The number of phenols is 1. The topological polar surface area (TPSA) is 58.6 Å². The van der Waals surface area contributed by atoms with E-state index >= 15 is 0 Å². The predicted octanol–water partition coefficient (Wildman–Crippen LogP) is 4.39. The lowest BCUT2D eigenvalue weighted by atomic mass is 9.86. The van der Waals surface area contributed by atoms with Crippen LogP contribution in [0.4, 0.5) is 0 Å². The molecule has 1 amide bonds. The van der Waals surface area contributed by atoms with Crippen LogP contribution in [0.3, 0.4) is 0 Å². The second kappa shape index (κ2) is 7.08. The van der Waals surface area contributed by atoms with E-state index in [1.807, 2.05) is 51.1 Å². The van der Waals surface area contributed by atoms with Crippen molar-refractivity contribution in [1.29, 1.82) is 0 Å². The Hall–Kier alpha value is -2.01. The van der Waals surface area contributed by atoms with Gasteiger partial charge in [0.05, 0.1) is 11.4 Å². The first-order chi connectivity index (χ1) is 11.9. The molecular formula is C20H22BrNO3. The van der Waals surface area contributed by atoms with Crippen molar-refractivity contribution in [3.63, 3.8) is 0 Å². The molecule has 0 saturated carbocycles. The number of carbonyl (C=O) groups is 1. The van der Waals surface area contributed by atoms with Crippen molar-refractivity contribution in [3.05, 3.63) is 58.1 Å². The number of phenolic OH excluding ortho intramolecular Hbond substituents is 1. The molecule has 3 rings (SSSR count). The second-order valence-electron chi connectivity index (χ2n) is 6.47. The summed E-state index contributed by atoms with van der Waals surface area (Å²) in [6, 6.07) is 9.82. The number of benzene rings is 2. The third-order valence-corrected chi connectivity index (χ3v) is 5.46. The molecule has 132 valence electrons. The number of nitrogens with one attached hydrogen (secondary N) is 1. The van der Waals surface area contributed by atoms with Gasteiger partial charge in [0.25, 0.3) is 0 Å². The molecule has 2 unspecified atom stereocenters. The number of amides is 1. The lowest BCUT2D eigenvalue weighted by Gasteiger charge is -2.36. The van der Waals surface area contributed by atoms with Gasteiger partial charge in [-0.2, -0.15) is 0 Å². The summed E-state index contributed by atoms with van der Waals surface area (Å²) >= 11 is 3.21. The van der Waals surface area contributed by atoms with E-state index in [0.29, 0.717) is 6.42 Å². The van der Waals surface area contributed by atoms with Gasteiger partial charge in [0.15, 0.2) is 0 Å². The minimum atomic E-state index is -0.204. The number of halogens is 1. The number of ether oxygens (including phenoxy) is 1. The van der Waals surface area contributed by atoms with Crippen molar-refractivity contribution >= 4 is 21.8 Å². The molecule has 1 aliphatic heterocycles. The summed E-state index contributed by atoms with van der Waals surface area (Å²) in [6.07, 6.45) is 0.481. The number of alkyl halides is 1. The maximum Gasteiger partial charge on any atom is 0.231 e. The van der Waals surface area contributed by atoms with E-state index in [0.717, 1.165) is 33.6 Å². The third kappa shape index (κ3) is 3.25. The van der Waals surface area contributed by atoms with Crippen LogP contribution >= 0.6 is 15.9 Å². The van der Waals surface area contributed by atoms with Gasteiger partial charge in [0, 0.05) is 17.5 Å². The summed E-state index contributed by atoms with van der Waals surface area (Å²) in [5, 5.41) is 13.8. The monoisotopic (exact) mass is 403 g/mol. The van der Waals surface area contributed by atoms with Crippen LogP contribution in [0, 0.1) is 20.8 Å². The van der Waals surface area contributed by atoms with Crippen molar-refractivity contribution in [3.8, 4) is 11.5 Å². The van der Waals surface area contributed by atoms with Gasteiger partial charge in [-0.25, -0.2) is 0 Å². The predicted molar refractivity (Wildman–Crippen MR) is 101 cm³/mol. The third-order valence-electron chi connectivity index (χ3n) is 4.95. The number of rotatable bonds is 3. The van der Waals surface area contributed by atoms with Gasteiger partial charge >= 0.3 is 0 Å². The zero-order valence-corrected chi connectivity index (χ0v) is 16.2. The fraction of sp³-hybridized carbons (Fsp3) is 0.350. The van der Waals surface area contributed by atoms with Gasteiger partial charge in [-0.05, 0) is 37.5 Å². The highest BCUT2D eigenvalue weighted by Gasteiger charge is 2.34. The van der Waals surface area contributed by atoms with Crippen molar-refractivity contribution in [1.82, 2.24) is 5.32 Å². The number of carbonyl (C=O) groups excluding carboxylic acids is 1. The summed E-state index contributed by atoms with van der Waals surface area (Å²) in [5.74, 6) is 0.964. The Labute approximate surface area is 156 Å². The molecule has 5 heteroatoms. The molecule has 0 fully saturated rings. The molecule has 2 aromatic rings. The van der Waals surface area contributed by atoms with E-state index in [9.17, 15) is 9.90 Å². The SMILES string of the molecule is Cc1c(C)c2c(c(C)c1O)C(NC(=O)CBr)CC(c1ccccc1)O2. The molecule has 0 radical (unpaired) electrons. The van der Waals surface area contributed by atoms with E-state index < -0.39 is 0 Å². The first kappa shape index (κ1) is 17.8. The highest BCUT2D eigenvalue weighted by molar-refractivity contribution is 9.09.